The van der Waals surface area contributed by atoms with Crippen LogP contribution in [0.4, 0.5) is 4.79 Å². The summed E-state index contributed by atoms with van der Waals surface area (Å²) in [6, 6.07) is -1.55. The first-order valence-corrected chi connectivity index (χ1v) is 8.96. The summed E-state index contributed by atoms with van der Waals surface area (Å²) < 4.78 is 0. The van der Waals surface area contributed by atoms with E-state index in [1.165, 1.54) is 4.90 Å². The Morgan fingerprint density at radius 1 is 1.24 bits per heavy atom. The van der Waals surface area contributed by atoms with Gasteiger partial charge in [0.1, 0.15) is 11.6 Å². The maximum Gasteiger partial charge on any atom is 0.325 e. The van der Waals surface area contributed by atoms with E-state index < -0.39 is 29.5 Å². The lowest BCUT2D eigenvalue weighted by Gasteiger charge is -2.39. The normalized spacial score (nSPS) is 29.8. The number of hydrogen-bond acceptors (Lipinski definition) is 4. The van der Waals surface area contributed by atoms with Gasteiger partial charge in [-0.05, 0) is 39.5 Å². The van der Waals surface area contributed by atoms with Crippen LogP contribution in [0.15, 0.2) is 0 Å². The SMILES string of the molecule is CC1CCC(C(=O)O)CN1C(=O)C(C)N1C(=O)NC2(CCCC2)C1=O. The number of amides is 4. The first-order chi connectivity index (χ1) is 11.8. The van der Waals surface area contributed by atoms with E-state index in [9.17, 15) is 24.3 Å². The highest BCUT2D eigenvalue weighted by Gasteiger charge is 2.55. The van der Waals surface area contributed by atoms with Crippen molar-refractivity contribution >= 4 is 23.8 Å². The summed E-state index contributed by atoms with van der Waals surface area (Å²) in [4.78, 5) is 51.9. The highest BCUT2D eigenvalue weighted by atomic mass is 16.4. The number of hydrogen-bond donors (Lipinski definition) is 2. The van der Waals surface area contributed by atoms with Crippen LogP contribution in [0.2, 0.25) is 0 Å². The van der Waals surface area contributed by atoms with Crippen LogP contribution in [0.25, 0.3) is 0 Å². The van der Waals surface area contributed by atoms with Crippen molar-refractivity contribution in [2.75, 3.05) is 6.54 Å². The zero-order chi connectivity index (χ0) is 18.4. The number of rotatable bonds is 3. The summed E-state index contributed by atoms with van der Waals surface area (Å²) in [5.74, 6) is -2.21. The van der Waals surface area contributed by atoms with Crippen LogP contribution in [0.3, 0.4) is 0 Å². The average Bonchev–Trinajstić information content (AvgIpc) is 3.12. The van der Waals surface area contributed by atoms with Crippen molar-refractivity contribution in [1.29, 1.82) is 0 Å². The molecule has 3 atom stereocenters. The summed E-state index contributed by atoms with van der Waals surface area (Å²) in [5, 5.41) is 12.0. The van der Waals surface area contributed by atoms with Crippen LogP contribution < -0.4 is 5.32 Å². The molecular formula is C17H25N3O5. The van der Waals surface area contributed by atoms with Gasteiger partial charge >= 0.3 is 12.0 Å². The minimum absolute atomic E-state index is 0.105. The molecule has 2 aliphatic heterocycles. The molecule has 8 nitrogen and oxygen atoms in total. The fourth-order valence-corrected chi connectivity index (χ4v) is 4.28. The Morgan fingerprint density at radius 3 is 2.48 bits per heavy atom. The lowest BCUT2D eigenvalue weighted by molar-refractivity contribution is -0.151. The molecule has 2 saturated heterocycles. The molecular weight excluding hydrogens is 326 g/mol. The zero-order valence-corrected chi connectivity index (χ0v) is 14.7. The maximum absolute atomic E-state index is 12.9. The monoisotopic (exact) mass is 351 g/mol. The quantitative estimate of drug-likeness (QED) is 0.736. The van der Waals surface area contributed by atoms with E-state index >= 15 is 0 Å². The predicted molar refractivity (Wildman–Crippen MR) is 87.6 cm³/mol. The zero-order valence-electron chi connectivity index (χ0n) is 14.7. The molecule has 2 N–H and O–H groups in total. The number of carboxylic acid groups (broad SMARTS) is 1. The molecule has 3 unspecified atom stereocenters. The molecule has 0 aromatic carbocycles. The van der Waals surface area contributed by atoms with Crippen LogP contribution in [0.5, 0.6) is 0 Å². The molecule has 3 rings (SSSR count). The molecule has 0 bridgehead atoms. The molecule has 1 saturated carbocycles. The number of urea groups is 1. The lowest BCUT2D eigenvalue weighted by Crippen LogP contribution is -2.55. The number of aliphatic carboxylic acids is 1. The van der Waals surface area contributed by atoms with Crippen molar-refractivity contribution in [2.24, 2.45) is 5.92 Å². The van der Waals surface area contributed by atoms with E-state index in [0.717, 1.165) is 17.7 Å². The standard InChI is InChI=1S/C17H25N3O5/c1-10-5-6-12(14(22)23)9-19(10)13(21)11(2)20-15(24)17(18-16(20)25)7-3-4-8-17/h10-12H,3-9H2,1-2H3,(H,18,25)(H,22,23). The van der Waals surface area contributed by atoms with Gasteiger partial charge in [-0.25, -0.2) is 9.69 Å². The second kappa shape index (κ2) is 6.31. The van der Waals surface area contributed by atoms with Gasteiger partial charge in [-0.2, -0.15) is 0 Å². The Kier molecular flexibility index (Phi) is 4.47. The van der Waals surface area contributed by atoms with E-state index in [4.69, 9.17) is 0 Å². The highest BCUT2D eigenvalue weighted by molar-refractivity contribution is 6.10. The van der Waals surface area contributed by atoms with Crippen molar-refractivity contribution in [3.63, 3.8) is 0 Å². The average molecular weight is 351 g/mol. The van der Waals surface area contributed by atoms with Crippen LogP contribution in [-0.2, 0) is 14.4 Å². The van der Waals surface area contributed by atoms with E-state index in [2.05, 4.69) is 5.32 Å². The molecule has 3 fully saturated rings. The number of piperidine rings is 1. The van der Waals surface area contributed by atoms with E-state index in [1.54, 1.807) is 6.92 Å². The second-order valence-corrected chi connectivity index (χ2v) is 7.52. The summed E-state index contributed by atoms with van der Waals surface area (Å²) in [6.45, 7) is 3.53. The minimum Gasteiger partial charge on any atom is -0.481 e. The third-order valence-electron chi connectivity index (χ3n) is 5.91. The number of nitrogens with zero attached hydrogens (tertiary/aromatic N) is 2. The van der Waals surface area contributed by atoms with Crippen molar-refractivity contribution < 1.29 is 24.3 Å². The van der Waals surface area contributed by atoms with Gasteiger partial charge < -0.3 is 15.3 Å². The molecule has 2 heterocycles. The van der Waals surface area contributed by atoms with Crippen molar-refractivity contribution in [3.8, 4) is 0 Å². The lowest BCUT2D eigenvalue weighted by atomic mass is 9.92. The van der Waals surface area contributed by atoms with Gasteiger partial charge in [0, 0.05) is 12.6 Å². The summed E-state index contributed by atoms with van der Waals surface area (Å²) in [6.07, 6.45) is 4.10. The Bertz CT molecular complexity index is 613. The molecule has 0 aromatic heterocycles. The molecule has 0 aromatic rings. The highest BCUT2D eigenvalue weighted by Crippen LogP contribution is 2.36. The van der Waals surface area contributed by atoms with Gasteiger partial charge in [0.25, 0.3) is 5.91 Å². The van der Waals surface area contributed by atoms with Gasteiger partial charge in [-0.1, -0.05) is 12.8 Å². The maximum atomic E-state index is 12.9. The summed E-state index contributed by atoms with van der Waals surface area (Å²) >= 11 is 0. The molecule has 1 spiro atoms. The van der Waals surface area contributed by atoms with E-state index in [0.29, 0.717) is 25.7 Å². The fraction of sp³-hybridized carbons (Fsp3) is 0.765. The number of imide groups is 1. The second-order valence-electron chi connectivity index (χ2n) is 7.52. The Morgan fingerprint density at radius 2 is 1.88 bits per heavy atom. The van der Waals surface area contributed by atoms with Crippen LogP contribution in [0.1, 0.15) is 52.4 Å². The van der Waals surface area contributed by atoms with Gasteiger partial charge in [0.15, 0.2) is 0 Å². The molecule has 8 heteroatoms. The molecule has 4 amide bonds. The molecule has 25 heavy (non-hydrogen) atoms. The summed E-state index contributed by atoms with van der Waals surface area (Å²) in [7, 11) is 0. The third-order valence-corrected chi connectivity index (χ3v) is 5.91. The Labute approximate surface area is 146 Å². The van der Waals surface area contributed by atoms with Crippen molar-refractivity contribution in [1.82, 2.24) is 15.1 Å². The molecule has 1 aliphatic carbocycles. The van der Waals surface area contributed by atoms with Crippen molar-refractivity contribution in [2.45, 2.75) is 70.0 Å². The van der Waals surface area contributed by atoms with Crippen LogP contribution >= 0.6 is 0 Å². The Hall–Kier alpha value is -2.12. The minimum atomic E-state index is -0.928. The first-order valence-electron chi connectivity index (χ1n) is 8.96. The van der Waals surface area contributed by atoms with Crippen LogP contribution in [-0.4, -0.2) is 62.9 Å². The number of carbonyl (C=O) groups is 4. The van der Waals surface area contributed by atoms with Crippen LogP contribution in [0, 0.1) is 5.92 Å². The molecule has 3 aliphatic rings. The number of nitrogens with one attached hydrogen (secondary N) is 1. The third kappa shape index (κ3) is 2.87. The van der Waals surface area contributed by atoms with Gasteiger partial charge in [-0.3, -0.25) is 14.4 Å². The first kappa shape index (κ1) is 17.7. The number of carbonyl (C=O) groups excluding carboxylic acids is 3. The van der Waals surface area contributed by atoms with Gasteiger partial charge in [-0.15, -0.1) is 0 Å². The Balaban J connectivity index is 1.76. The van der Waals surface area contributed by atoms with Gasteiger partial charge in [0.2, 0.25) is 5.91 Å². The molecule has 0 radical (unpaired) electrons. The topological polar surface area (TPSA) is 107 Å². The van der Waals surface area contributed by atoms with Gasteiger partial charge in [0.05, 0.1) is 5.92 Å². The van der Waals surface area contributed by atoms with Crippen molar-refractivity contribution in [3.05, 3.63) is 0 Å². The fourth-order valence-electron chi connectivity index (χ4n) is 4.28. The largest absolute Gasteiger partial charge is 0.481 e. The predicted octanol–water partition coefficient (Wildman–Crippen LogP) is 0.951. The van der Waals surface area contributed by atoms with E-state index in [-0.39, 0.29) is 24.4 Å². The number of likely N-dealkylation sites (tertiary alicyclic amines) is 1. The summed E-state index contributed by atoms with van der Waals surface area (Å²) in [5.41, 5.74) is -0.845. The van der Waals surface area contributed by atoms with E-state index in [1.807, 2.05) is 6.92 Å². The smallest absolute Gasteiger partial charge is 0.325 e. The number of carboxylic acids is 1. The molecule has 138 valence electrons.